The SMILES string of the molecule is CCC(C)c1ccc(O)c(NC(=S)NC(=O)c2ccccc2Br)c1. The van der Waals surface area contributed by atoms with E-state index in [2.05, 4.69) is 40.4 Å². The van der Waals surface area contributed by atoms with Gasteiger partial charge in [0.05, 0.1) is 11.3 Å². The molecule has 6 heteroatoms. The quantitative estimate of drug-likeness (QED) is 0.504. The maximum Gasteiger partial charge on any atom is 0.258 e. The molecule has 0 saturated carbocycles. The van der Waals surface area contributed by atoms with Gasteiger partial charge in [0.25, 0.3) is 5.91 Å². The van der Waals surface area contributed by atoms with E-state index in [-0.39, 0.29) is 16.8 Å². The van der Waals surface area contributed by atoms with Crippen molar-refractivity contribution >= 4 is 44.9 Å². The van der Waals surface area contributed by atoms with Crippen molar-refractivity contribution in [2.45, 2.75) is 26.2 Å². The number of halogens is 1. The first-order valence-electron chi connectivity index (χ1n) is 7.62. The summed E-state index contributed by atoms with van der Waals surface area (Å²) in [4.78, 5) is 12.2. The molecule has 2 aromatic carbocycles. The molecule has 0 bridgehead atoms. The van der Waals surface area contributed by atoms with Crippen LogP contribution in [0, 0.1) is 0 Å². The number of aromatic hydroxyl groups is 1. The average Bonchev–Trinajstić information content (AvgIpc) is 2.56. The average molecular weight is 407 g/mol. The summed E-state index contributed by atoms with van der Waals surface area (Å²) in [5, 5.41) is 15.6. The van der Waals surface area contributed by atoms with Crippen LogP contribution in [0.4, 0.5) is 5.69 Å². The van der Waals surface area contributed by atoms with E-state index in [1.54, 1.807) is 24.3 Å². The Kier molecular flexibility index (Phi) is 6.34. The molecule has 0 aliphatic rings. The minimum atomic E-state index is -0.322. The standard InChI is InChI=1S/C18H19BrN2O2S/c1-3-11(2)12-8-9-16(22)15(10-12)20-18(24)21-17(23)13-6-4-5-7-14(13)19/h4-11,22H,3H2,1-2H3,(H2,20,21,23,24). The van der Waals surface area contributed by atoms with E-state index in [0.717, 1.165) is 12.0 Å². The third kappa shape index (κ3) is 4.55. The molecular weight excluding hydrogens is 388 g/mol. The highest BCUT2D eigenvalue weighted by Crippen LogP contribution is 2.29. The first-order chi connectivity index (χ1) is 11.4. The number of hydrogen-bond acceptors (Lipinski definition) is 3. The van der Waals surface area contributed by atoms with Crippen LogP contribution >= 0.6 is 28.1 Å². The molecular formula is C18H19BrN2O2S. The molecule has 0 heterocycles. The molecule has 2 aromatic rings. The lowest BCUT2D eigenvalue weighted by Gasteiger charge is -2.15. The highest BCUT2D eigenvalue weighted by Gasteiger charge is 2.13. The molecule has 0 spiro atoms. The van der Waals surface area contributed by atoms with Gasteiger partial charge < -0.3 is 10.4 Å². The molecule has 1 amide bonds. The Morgan fingerprint density at radius 3 is 2.67 bits per heavy atom. The van der Waals surface area contributed by atoms with Gasteiger partial charge in [0, 0.05) is 4.47 Å². The number of carbonyl (C=O) groups excluding carboxylic acids is 1. The summed E-state index contributed by atoms with van der Waals surface area (Å²) in [5.74, 6) is 0.131. The molecule has 4 nitrogen and oxygen atoms in total. The maximum atomic E-state index is 12.2. The van der Waals surface area contributed by atoms with Gasteiger partial charge in [-0.25, -0.2) is 0 Å². The molecule has 1 unspecified atom stereocenters. The molecule has 3 N–H and O–H groups in total. The predicted molar refractivity (Wildman–Crippen MR) is 105 cm³/mol. The smallest absolute Gasteiger partial charge is 0.258 e. The highest BCUT2D eigenvalue weighted by molar-refractivity contribution is 9.10. The molecule has 126 valence electrons. The lowest BCUT2D eigenvalue weighted by molar-refractivity contribution is 0.0977. The van der Waals surface area contributed by atoms with Crippen molar-refractivity contribution in [2.24, 2.45) is 0 Å². The number of thiocarbonyl (C=S) groups is 1. The van der Waals surface area contributed by atoms with Crippen LogP contribution in [-0.2, 0) is 0 Å². The molecule has 0 aromatic heterocycles. The molecule has 0 saturated heterocycles. The summed E-state index contributed by atoms with van der Waals surface area (Å²) in [6.45, 7) is 4.22. The number of amides is 1. The van der Waals surface area contributed by atoms with Crippen molar-refractivity contribution in [3.8, 4) is 5.75 Å². The van der Waals surface area contributed by atoms with Gasteiger partial charge in [-0.2, -0.15) is 0 Å². The zero-order valence-corrected chi connectivity index (χ0v) is 15.9. The minimum absolute atomic E-state index is 0.0829. The highest BCUT2D eigenvalue weighted by atomic mass is 79.9. The summed E-state index contributed by atoms with van der Waals surface area (Å²) in [5.41, 5.74) is 2.06. The van der Waals surface area contributed by atoms with E-state index in [0.29, 0.717) is 21.6 Å². The van der Waals surface area contributed by atoms with Gasteiger partial charge in [0.1, 0.15) is 5.75 Å². The zero-order valence-electron chi connectivity index (χ0n) is 13.5. The van der Waals surface area contributed by atoms with Crippen molar-refractivity contribution in [1.82, 2.24) is 5.32 Å². The summed E-state index contributed by atoms with van der Waals surface area (Å²) < 4.78 is 0.687. The lowest BCUT2D eigenvalue weighted by atomic mass is 9.98. The summed E-state index contributed by atoms with van der Waals surface area (Å²) in [6, 6.07) is 12.4. The summed E-state index contributed by atoms with van der Waals surface area (Å²) in [7, 11) is 0. The zero-order chi connectivity index (χ0) is 17.7. The molecule has 1 atom stereocenters. The van der Waals surface area contributed by atoms with Crippen molar-refractivity contribution in [3.05, 3.63) is 58.1 Å². The van der Waals surface area contributed by atoms with E-state index in [1.165, 1.54) is 0 Å². The maximum absolute atomic E-state index is 12.2. The van der Waals surface area contributed by atoms with Gasteiger partial charge in [-0.3, -0.25) is 10.1 Å². The monoisotopic (exact) mass is 406 g/mol. The Bertz CT molecular complexity index is 764. The van der Waals surface area contributed by atoms with Crippen LogP contribution in [0.5, 0.6) is 5.75 Å². The van der Waals surface area contributed by atoms with E-state index >= 15 is 0 Å². The van der Waals surface area contributed by atoms with Gasteiger partial charge in [-0.1, -0.05) is 32.0 Å². The number of benzene rings is 2. The van der Waals surface area contributed by atoms with Gasteiger partial charge in [0.2, 0.25) is 0 Å². The Balaban J connectivity index is 2.10. The Morgan fingerprint density at radius 1 is 1.29 bits per heavy atom. The first kappa shape index (κ1) is 18.4. The van der Waals surface area contributed by atoms with E-state index in [9.17, 15) is 9.90 Å². The first-order valence-corrected chi connectivity index (χ1v) is 8.82. The van der Waals surface area contributed by atoms with Crippen LogP contribution in [0.1, 0.15) is 42.1 Å². The van der Waals surface area contributed by atoms with Crippen LogP contribution in [0.3, 0.4) is 0 Å². The van der Waals surface area contributed by atoms with Gasteiger partial charge in [-0.05, 0) is 70.3 Å². The topological polar surface area (TPSA) is 61.4 Å². The van der Waals surface area contributed by atoms with Crippen LogP contribution in [0.2, 0.25) is 0 Å². The third-order valence-corrected chi connectivity index (χ3v) is 4.69. The second-order valence-electron chi connectivity index (χ2n) is 5.47. The lowest BCUT2D eigenvalue weighted by Crippen LogP contribution is -2.34. The van der Waals surface area contributed by atoms with E-state index < -0.39 is 0 Å². The number of rotatable bonds is 4. The Morgan fingerprint density at radius 2 is 2.00 bits per heavy atom. The number of phenols is 1. The largest absolute Gasteiger partial charge is 0.506 e. The fraction of sp³-hybridized carbons (Fsp3) is 0.222. The third-order valence-electron chi connectivity index (χ3n) is 3.80. The predicted octanol–water partition coefficient (Wildman–Crippen LogP) is 4.80. The number of hydrogen-bond donors (Lipinski definition) is 3. The number of carbonyl (C=O) groups is 1. The van der Waals surface area contributed by atoms with Crippen molar-refractivity contribution in [1.29, 1.82) is 0 Å². The molecule has 24 heavy (non-hydrogen) atoms. The van der Waals surface area contributed by atoms with Crippen LogP contribution < -0.4 is 10.6 Å². The number of nitrogens with one attached hydrogen (secondary N) is 2. The second-order valence-corrected chi connectivity index (χ2v) is 6.74. The number of phenolic OH excluding ortho intramolecular Hbond substituents is 1. The number of anilines is 1. The van der Waals surface area contributed by atoms with Gasteiger partial charge in [0.15, 0.2) is 5.11 Å². The fourth-order valence-corrected chi connectivity index (χ4v) is 2.83. The van der Waals surface area contributed by atoms with E-state index in [1.807, 2.05) is 18.2 Å². The van der Waals surface area contributed by atoms with E-state index in [4.69, 9.17) is 12.2 Å². The Labute approximate surface area is 155 Å². The molecule has 0 aliphatic carbocycles. The second kappa shape index (κ2) is 8.26. The summed E-state index contributed by atoms with van der Waals surface area (Å²) >= 11 is 8.52. The Hall–Kier alpha value is -1.92. The molecule has 0 radical (unpaired) electrons. The van der Waals surface area contributed by atoms with Crippen LogP contribution in [-0.4, -0.2) is 16.1 Å². The molecule has 0 fully saturated rings. The minimum Gasteiger partial charge on any atom is -0.506 e. The van der Waals surface area contributed by atoms with Crippen molar-refractivity contribution in [2.75, 3.05) is 5.32 Å². The molecule has 0 aliphatic heterocycles. The van der Waals surface area contributed by atoms with Crippen LogP contribution in [0.25, 0.3) is 0 Å². The normalized spacial score (nSPS) is 11.6. The molecule has 2 rings (SSSR count). The van der Waals surface area contributed by atoms with Gasteiger partial charge in [-0.15, -0.1) is 0 Å². The fourth-order valence-electron chi connectivity index (χ4n) is 2.17. The summed E-state index contributed by atoms with van der Waals surface area (Å²) in [6.07, 6.45) is 0.993. The van der Waals surface area contributed by atoms with Gasteiger partial charge >= 0.3 is 0 Å². The van der Waals surface area contributed by atoms with Crippen molar-refractivity contribution in [3.63, 3.8) is 0 Å². The van der Waals surface area contributed by atoms with Crippen LogP contribution in [0.15, 0.2) is 46.9 Å². The van der Waals surface area contributed by atoms with Crippen molar-refractivity contribution < 1.29 is 9.90 Å².